The number of benzene rings is 2. The number of carboxylic acids is 1. The average Bonchev–Trinajstić information content (AvgIpc) is 3.46. The minimum atomic E-state index is -0.989. The molecule has 9 nitrogen and oxygen atoms in total. The number of carbonyl (C=O) groups is 1. The van der Waals surface area contributed by atoms with E-state index < -0.39 is 11.5 Å². The van der Waals surface area contributed by atoms with Gasteiger partial charge in [0.25, 0.3) is 0 Å². The molecule has 1 fully saturated rings. The Labute approximate surface area is 188 Å². The number of hydrogen-bond acceptors (Lipinski definition) is 7. The highest BCUT2D eigenvalue weighted by Gasteiger charge is 2.51. The Morgan fingerprint density at radius 1 is 1.03 bits per heavy atom. The van der Waals surface area contributed by atoms with Crippen LogP contribution in [0.3, 0.4) is 0 Å². The Hall–Kier alpha value is -4.53. The molecule has 2 aromatic carbocycles. The highest BCUT2D eigenvalue weighted by Crippen LogP contribution is 2.40. The zero-order valence-electron chi connectivity index (χ0n) is 17.4. The van der Waals surface area contributed by atoms with Crippen molar-refractivity contribution in [3.8, 4) is 11.1 Å². The van der Waals surface area contributed by atoms with Gasteiger partial charge in [-0.25, -0.2) is 9.78 Å². The van der Waals surface area contributed by atoms with Crippen LogP contribution >= 0.6 is 0 Å². The van der Waals surface area contributed by atoms with Crippen molar-refractivity contribution in [2.45, 2.75) is 18.4 Å². The van der Waals surface area contributed by atoms with Crippen LogP contribution in [0, 0.1) is 0 Å². The molecule has 0 atom stereocenters. The van der Waals surface area contributed by atoms with Crippen LogP contribution < -0.4 is 10.6 Å². The number of hydrogen-bond donors (Lipinski definition) is 4. The van der Waals surface area contributed by atoms with Gasteiger partial charge in [-0.2, -0.15) is 9.97 Å². The lowest BCUT2D eigenvalue weighted by atomic mass is 10.0. The van der Waals surface area contributed by atoms with Gasteiger partial charge in [0.1, 0.15) is 11.1 Å². The van der Waals surface area contributed by atoms with Crippen LogP contribution in [-0.4, -0.2) is 41.5 Å². The van der Waals surface area contributed by atoms with E-state index in [-0.39, 0.29) is 0 Å². The van der Waals surface area contributed by atoms with E-state index >= 15 is 0 Å². The molecular weight excluding hydrogens is 418 g/mol. The Bertz CT molecular complexity index is 1510. The number of aromatic nitrogens is 5. The van der Waals surface area contributed by atoms with Crippen molar-refractivity contribution in [2.75, 3.05) is 10.6 Å². The van der Waals surface area contributed by atoms with Crippen LogP contribution in [0.1, 0.15) is 12.8 Å². The highest BCUT2D eigenvalue weighted by molar-refractivity contribution is 5.96. The maximum Gasteiger partial charge on any atom is 0.329 e. The average molecular weight is 437 g/mol. The molecule has 0 bridgehead atoms. The highest BCUT2D eigenvalue weighted by atomic mass is 16.4. The normalized spacial score (nSPS) is 14.3. The fourth-order valence-corrected chi connectivity index (χ4v) is 3.95. The molecule has 1 aliphatic carbocycles. The molecule has 0 unspecified atom stereocenters. The lowest BCUT2D eigenvalue weighted by molar-refractivity contribution is -0.138. The third kappa shape index (κ3) is 3.39. The summed E-state index contributed by atoms with van der Waals surface area (Å²) in [5, 5.41) is 16.9. The van der Waals surface area contributed by atoms with Gasteiger partial charge < -0.3 is 20.7 Å². The first-order chi connectivity index (χ1) is 16.1. The van der Waals surface area contributed by atoms with E-state index in [0.29, 0.717) is 35.8 Å². The largest absolute Gasteiger partial charge is 0.480 e. The number of carboxylic acid groups (broad SMARTS) is 1. The number of aliphatic carboxylic acids is 1. The fourth-order valence-electron chi connectivity index (χ4n) is 3.95. The van der Waals surface area contributed by atoms with Gasteiger partial charge in [-0.1, -0.05) is 30.3 Å². The number of nitrogens with one attached hydrogen (secondary N) is 3. The molecule has 33 heavy (non-hydrogen) atoms. The third-order valence-corrected chi connectivity index (χ3v) is 5.88. The molecule has 0 spiro atoms. The number of nitrogens with zero attached hydrogens (tertiary/aromatic N) is 4. The number of pyridine rings is 1. The van der Waals surface area contributed by atoms with Crippen molar-refractivity contribution in [3.05, 3.63) is 67.1 Å². The number of rotatable bonds is 6. The molecule has 0 saturated heterocycles. The smallest absolute Gasteiger partial charge is 0.329 e. The number of aromatic amines is 1. The van der Waals surface area contributed by atoms with E-state index in [0.717, 1.165) is 27.7 Å². The Morgan fingerprint density at radius 2 is 1.88 bits per heavy atom. The summed E-state index contributed by atoms with van der Waals surface area (Å²) in [7, 11) is 0. The molecule has 1 saturated carbocycles. The molecule has 162 valence electrons. The molecule has 0 radical (unpaired) electrons. The summed E-state index contributed by atoms with van der Waals surface area (Å²) in [6, 6.07) is 18.0. The van der Waals surface area contributed by atoms with Crippen molar-refractivity contribution in [3.63, 3.8) is 0 Å². The SMILES string of the molecule is O=C(O)C1(Nc2nc(Nc3ccc4nccc(-c5ccccc5)c4c3)nc3[nH]cnc23)CC1. The van der Waals surface area contributed by atoms with Crippen molar-refractivity contribution in [2.24, 2.45) is 0 Å². The molecule has 9 heteroatoms. The van der Waals surface area contributed by atoms with Crippen LogP contribution in [0.15, 0.2) is 67.1 Å². The quantitative estimate of drug-likeness (QED) is 0.309. The molecule has 4 N–H and O–H groups in total. The predicted octanol–water partition coefficient (Wildman–Crippen LogP) is 4.34. The first kappa shape index (κ1) is 19.2. The molecule has 0 amide bonds. The second-order valence-corrected chi connectivity index (χ2v) is 8.09. The van der Waals surface area contributed by atoms with Crippen LogP contribution in [0.2, 0.25) is 0 Å². The minimum Gasteiger partial charge on any atom is -0.480 e. The summed E-state index contributed by atoms with van der Waals surface area (Å²) < 4.78 is 0. The molecule has 3 aromatic heterocycles. The summed E-state index contributed by atoms with van der Waals surface area (Å²) in [6.07, 6.45) is 4.41. The monoisotopic (exact) mass is 437 g/mol. The Kier molecular flexibility index (Phi) is 4.22. The summed E-state index contributed by atoms with van der Waals surface area (Å²) in [4.78, 5) is 32.4. The van der Waals surface area contributed by atoms with Gasteiger partial charge in [-0.3, -0.25) is 4.98 Å². The summed E-state index contributed by atoms with van der Waals surface area (Å²) in [6.45, 7) is 0. The van der Waals surface area contributed by atoms with E-state index in [1.54, 1.807) is 6.20 Å². The van der Waals surface area contributed by atoms with Crippen LogP contribution in [0.25, 0.3) is 33.2 Å². The van der Waals surface area contributed by atoms with E-state index in [2.05, 4.69) is 47.7 Å². The predicted molar refractivity (Wildman–Crippen MR) is 125 cm³/mol. The van der Waals surface area contributed by atoms with Crippen LogP contribution in [0.5, 0.6) is 0 Å². The minimum absolute atomic E-state index is 0.333. The van der Waals surface area contributed by atoms with Gasteiger partial charge in [0.15, 0.2) is 11.5 Å². The second kappa shape index (κ2) is 7.27. The fraction of sp³-hybridized carbons (Fsp3) is 0.125. The summed E-state index contributed by atoms with van der Waals surface area (Å²) in [5.41, 5.74) is 3.88. The number of fused-ring (bicyclic) bond motifs is 2. The third-order valence-electron chi connectivity index (χ3n) is 5.88. The summed E-state index contributed by atoms with van der Waals surface area (Å²) >= 11 is 0. The topological polar surface area (TPSA) is 129 Å². The van der Waals surface area contributed by atoms with Crippen molar-refractivity contribution >= 4 is 45.5 Å². The second-order valence-electron chi connectivity index (χ2n) is 8.09. The molecule has 1 aliphatic rings. The van der Waals surface area contributed by atoms with Crippen molar-refractivity contribution < 1.29 is 9.90 Å². The van der Waals surface area contributed by atoms with Crippen molar-refractivity contribution in [1.29, 1.82) is 0 Å². The number of H-pyrrole nitrogens is 1. The zero-order valence-corrected chi connectivity index (χ0v) is 17.4. The molecule has 0 aliphatic heterocycles. The maximum absolute atomic E-state index is 11.7. The lowest BCUT2D eigenvalue weighted by Gasteiger charge is -2.15. The van der Waals surface area contributed by atoms with E-state index in [4.69, 9.17) is 0 Å². The molecular formula is C24H19N7O2. The first-order valence-electron chi connectivity index (χ1n) is 10.6. The molecule has 3 heterocycles. The van der Waals surface area contributed by atoms with Crippen molar-refractivity contribution in [1.82, 2.24) is 24.9 Å². The standard InChI is InChI=1S/C24H19N7O2/c32-22(33)24(9-10-24)31-21-19-20(27-13-26-19)29-23(30-21)28-15-6-7-18-17(12-15)16(8-11-25-18)14-4-2-1-3-5-14/h1-8,11-13H,9-10H2,(H,32,33)(H3,26,27,28,29,30,31). The van der Waals surface area contributed by atoms with Gasteiger partial charge in [-0.05, 0) is 48.2 Å². The van der Waals surface area contributed by atoms with Crippen LogP contribution in [-0.2, 0) is 4.79 Å². The first-order valence-corrected chi connectivity index (χ1v) is 10.6. The molecule has 5 aromatic rings. The van der Waals surface area contributed by atoms with Gasteiger partial charge in [0, 0.05) is 17.3 Å². The van der Waals surface area contributed by atoms with E-state index in [1.165, 1.54) is 6.33 Å². The maximum atomic E-state index is 11.7. The van der Waals surface area contributed by atoms with Gasteiger partial charge in [0.2, 0.25) is 5.95 Å². The Balaban J connectivity index is 1.39. The summed E-state index contributed by atoms with van der Waals surface area (Å²) in [5.74, 6) is -0.175. The Morgan fingerprint density at radius 3 is 2.67 bits per heavy atom. The van der Waals surface area contributed by atoms with Gasteiger partial charge in [0.05, 0.1) is 11.8 Å². The van der Waals surface area contributed by atoms with Gasteiger partial charge in [-0.15, -0.1) is 0 Å². The van der Waals surface area contributed by atoms with E-state index in [1.807, 2.05) is 42.5 Å². The number of anilines is 3. The molecule has 6 rings (SSSR count). The van der Waals surface area contributed by atoms with Gasteiger partial charge >= 0.3 is 5.97 Å². The van der Waals surface area contributed by atoms with E-state index in [9.17, 15) is 9.90 Å². The van der Waals surface area contributed by atoms with Crippen LogP contribution in [0.4, 0.5) is 17.5 Å². The zero-order chi connectivity index (χ0) is 22.4. The number of imidazole rings is 1. The lowest BCUT2D eigenvalue weighted by Crippen LogP contribution is -2.32.